The Hall–Kier alpha value is -2.22. The van der Waals surface area contributed by atoms with Gasteiger partial charge in [0.15, 0.2) is 0 Å². The van der Waals surface area contributed by atoms with E-state index in [9.17, 15) is 0 Å². The Balaban J connectivity index is 2.09. The Labute approximate surface area is 146 Å². The molecule has 0 spiro atoms. The minimum Gasteiger partial charge on any atom is -0.497 e. The summed E-state index contributed by atoms with van der Waals surface area (Å²) in [5, 5.41) is 0. The zero-order valence-electron chi connectivity index (χ0n) is 15.0. The van der Waals surface area contributed by atoms with Crippen molar-refractivity contribution in [1.82, 2.24) is 0 Å². The van der Waals surface area contributed by atoms with Gasteiger partial charge in [-0.2, -0.15) is 0 Å². The highest BCUT2D eigenvalue weighted by atomic mass is 16.5. The van der Waals surface area contributed by atoms with Gasteiger partial charge in [0.05, 0.1) is 14.2 Å². The van der Waals surface area contributed by atoms with Gasteiger partial charge in [0.2, 0.25) is 0 Å². The molecule has 0 aliphatic heterocycles. The average molecular weight is 324 g/mol. The van der Waals surface area contributed by atoms with Crippen molar-refractivity contribution in [2.75, 3.05) is 14.2 Å². The van der Waals surface area contributed by atoms with Crippen molar-refractivity contribution < 1.29 is 9.47 Å². The molecule has 2 aromatic rings. The summed E-state index contributed by atoms with van der Waals surface area (Å²) in [6.45, 7) is 2.24. The zero-order chi connectivity index (χ0) is 17.2. The number of unbranched alkanes of at least 4 members (excludes halogenated alkanes) is 2. The second-order valence-corrected chi connectivity index (χ2v) is 6.05. The second kappa shape index (κ2) is 9.82. The van der Waals surface area contributed by atoms with Crippen LogP contribution in [0, 0.1) is 0 Å². The van der Waals surface area contributed by atoms with Crippen LogP contribution in [0.2, 0.25) is 0 Å². The fourth-order valence-electron chi connectivity index (χ4n) is 2.73. The van der Waals surface area contributed by atoms with Crippen LogP contribution in [0.15, 0.2) is 60.2 Å². The maximum atomic E-state index is 5.24. The van der Waals surface area contributed by atoms with Gasteiger partial charge in [0.1, 0.15) is 11.5 Å². The quantitative estimate of drug-likeness (QED) is 0.441. The molecule has 0 heterocycles. The van der Waals surface area contributed by atoms with Crippen LogP contribution in [0.1, 0.15) is 37.3 Å². The SMILES string of the molecule is CCCCC=C(Cc1ccc(OC)cc1)Cc1ccc(OC)cc1. The number of hydrogen-bond donors (Lipinski definition) is 0. The molecule has 0 aliphatic carbocycles. The van der Waals surface area contributed by atoms with E-state index in [4.69, 9.17) is 9.47 Å². The largest absolute Gasteiger partial charge is 0.497 e. The molecule has 0 unspecified atom stereocenters. The molecule has 0 aromatic heterocycles. The highest BCUT2D eigenvalue weighted by Crippen LogP contribution is 2.20. The number of rotatable bonds is 9. The fourth-order valence-corrected chi connectivity index (χ4v) is 2.73. The number of ether oxygens (including phenoxy) is 2. The lowest BCUT2D eigenvalue weighted by molar-refractivity contribution is 0.414. The molecule has 2 heteroatoms. The van der Waals surface area contributed by atoms with E-state index in [0.29, 0.717) is 0 Å². The molecule has 2 rings (SSSR count). The molecule has 2 aromatic carbocycles. The minimum absolute atomic E-state index is 0.908. The highest BCUT2D eigenvalue weighted by molar-refractivity contribution is 5.33. The third kappa shape index (κ3) is 5.77. The van der Waals surface area contributed by atoms with E-state index in [1.54, 1.807) is 14.2 Å². The Morgan fingerprint density at radius 2 is 1.25 bits per heavy atom. The zero-order valence-corrected chi connectivity index (χ0v) is 15.0. The van der Waals surface area contributed by atoms with E-state index < -0.39 is 0 Å². The van der Waals surface area contributed by atoms with Gasteiger partial charge in [-0.1, -0.05) is 55.7 Å². The van der Waals surface area contributed by atoms with Crippen LogP contribution in [-0.2, 0) is 12.8 Å². The molecule has 0 saturated heterocycles. The molecule has 2 nitrogen and oxygen atoms in total. The van der Waals surface area contributed by atoms with Crippen LogP contribution in [0.25, 0.3) is 0 Å². The predicted octanol–water partition coefficient (Wildman–Crippen LogP) is 5.61. The van der Waals surface area contributed by atoms with Crippen LogP contribution in [0.3, 0.4) is 0 Å². The van der Waals surface area contributed by atoms with Crippen molar-refractivity contribution in [3.63, 3.8) is 0 Å². The summed E-state index contributed by atoms with van der Waals surface area (Å²) in [6, 6.07) is 16.7. The van der Waals surface area contributed by atoms with Crippen molar-refractivity contribution in [1.29, 1.82) is 0 Å². The third-order valence-electron chi connectivity index (χ3n) is 4.17. The molecule has 0 bridgehead atoms. The summed E-state index contributed by atoms with van der Waals surface area (Å²) in [6.07, 6.45) is 8.01. The Morgan fingerprint density at radius 1 is 0.792 bits per heavy atom. The van der Waals surface area contributed by atoms with Crippen molar-refractivity contribution in [3.05, 3.63) is 71.3 Å². The molecule has 0 fully saturated rings. The van der Waals surface area contributed by atoms with E-state index in [-0.39, 0.29) is 0 Å². The summed E-state index contributed by atoms with van der Waals surface area (Å²) in [5.74, 6) is 1.82. The van der Waals surface area contributed by atoms with Crippen molar-refractivity contribution in [2.24, 2.45) is 0 Å². The van der Waals surface area contributed by atoms with Crippen LogP contribution in [0.4, 0.5) is 0 Å². The smallest absolute Gasteiger partial charge is 0.118 e. The van der Waals surface area contributed by atoms with Crippen molar-refractivity contribution in [2.45, 2.75) is 39.0 Å². The number of hydrogen-bond acceptors (Lipinski definition) is 2. The van der Waals surface area contributed by atoms with Crippen LogP contribution < -0.4 is 9.47 Å². The molecule has 128 valence electrons. The monoisotopic (exact) mass is 324 g/mol. The molecule has 0 N–H and O–H groups in total. The predicted molar refractivity (Wildman–Crippen MR) is 101 cm³/mol. The highest BCUT2D eigenvalue weighted by Gasteiger charge is 2.04. The van der Waals surface area contributed by atoms with E-state index in [0.717, 1.165) is 30.8 Å². The van der Waals surface area contributed by atoms with Gasteiger partial charge in [0, 0.05) is 0 Å². The Morgan fingerprint density at radius 3 is 1.62 bits per heavy atom. The molecular formula is C22H28O2. The fraction of sp³-hybridized carbons (Fsp3) is 0.364. The van der Waals surface area contributed by atoms with Crippen LogP contribution in [-0.4, -0.2) is 14.2 Å². The van der Waals surface area contributed by atoms with Gasteiger partial charge in [0.25, 0.3) is 0 Å². The Kier molecular flexibility index (Phi) is 7.41. The van der Waals surface area contributed by atoms with Gasteiger partial charge < -0.3 is 9.47 Å². The summed E-state index contributed by atoms with van der Waals surface area (Å²) in [5.41, 5.74) is 4.12. The summed E-state index contributed by atoms with van der Waals surface area (Å²) in [7, 11) is 3.41. The molecule has 0 saturated carbocycles. The molecule has 24 heavy (non-hydrogen) atoms. The first kappa shape index (κ1) is 18.1. The standard InChI is InChI=1S/C22H28O2/c1-4-5-6-7-20(16-18-8-12-21(23-2)13-9-18)17-19-10-14-22(24-3)15-11-19/h7-15H,4-6,16-17H2,1-3H3. The van der Waals surface area contributed by atoms with Crippen molar-refractivity contribution >= 4 is 0 Å². The second-order valence-electron chi connectivity index (χ2n) is 6.05. The maximum Gasteiger partial charge on any atom is 0.118 e. The van der Waals surface area contributed by atoms with E-state index in [1.807, 2.05) is 24.3 Å². The first-order chi connectivity index (χ1) is 11.7. The maximum absolute atomic E-state index is 5.24. The number of allylic oxidation sites excluding steroid dienone is 2. The first-order valence-corrected chi connectivity index (χ1v) is 8.69. The summed E-state index contributed by atoms with van der Waals surface area (Å²) < 4.78 is 10.5. The molecule has 0 radical (unpaired) electrons. The van der Waals surface area contributed by atoms with E-state index in [2.05, 4.69) is 37.3 Å². The number of benzene rings is 2. The third-order valence-corrected chi connectivity index (χ3v) is 4.17. The van der Waals surface area contributed by atoms with Gasteiger partial charge in [-0.05, 0) is 54.7 Å². The van der Waals surface area contributed by atoms with Crippen LogP contribution >= 0.6 is 0 Å². The minimum atomic E-state index is 0.908. The molecule has 0 atom stereocenters. The Bertz CT molecular complexity index is 573. The van der Waals surface area contributed by atoms with Gasteiger partial charge in [-0.15, -0.1) is 0 Å². The average Bonchev–Trinajstić information content (AvgIpc) is 2.63. The van der Waals surface area contributed by atoms with Gasteiger partial charge >= 0.3 is 0 Å². The van der Waals surface area contributed by atoms with Crippen LogP contribution in [0.5, 0.6) is 11.5 Å². The number of methoxy groups -OCH3 is 2. The lowest BCUT2D eigenvalue weighted by atomic mass is 9.97. The van der Waals surface area contributed by atoms with Crippen molar-refractivity contribution in [3.8, 4) is 11.5 Å². The van der Waals surface area contributed by atoms with Gasteiger partial charge in [-0.3, -0.25) is 0 Å². The summed E-state index contributed by atoms with van der Waals surface area (Å²) >= 11 is 0. The normalized spacial score (nSPS) is 10.3. The lowest BCUT2D eigenvalue weighted by Crippen LogP contribution is -1.97. The summed E-state index contributed by atoms with van der Waals surface area (Å²) in [4.78, 5) is 0. The molecule has 0 amide bonds. The lowest BCUT2D eigenvalue weighted by Gasteiger charge is -2.10. The molecule has 0 aliphatic rings. The topological polar surface area (TPSA) is 18.5 Å². The van der Waals surface area contributed by atoms with E-state index >= 15 is 0 Å². The molecular weight excluding hydrogens is 296 g/mol. The first-order valence-electron chi connectivity index (χ1n) is 8.69. The van der Waals surface area contributed by atoms with Gasteiger partial charge in [-0.25, -0.2) is 0 Å². The van der Waals surface area contributed by atoms with E-state index in [1.165, 1.54) is 29.5 Å².